The molecule has 0 aliphatic rings. The highest BCUT2D eigenvalue weighted by Crippen LogP contribution is 2.24. The Kier molecular flexibility index (Phi) is 5.13. The molecule has 6 nitrogen and oxygen atoms in total. The van der Waals surface area contributed by atoms with Crippen molar-refractivity contribution in [1.29, 1.82) is 0 Å². The number of halogens is 2. The quantitative estimate of drug-likeness (QED) is 0.668. The van der Waals surface area contributed by atoms with Gasteiger partial charge in [0.2, 0.25) is 0 Å². The summed E-state index contributed by atoms with van der Waals surface area (Å²) in [6.45, 7) is 1.66. The molecule has 0 fully saturated rings. The summed E-state index contributed by atoms with van der Waals surface area (Å²) in [7, 11) is 0. The predicted octanol–water partition coefficient (Wildman–Crippen LogP) is 4.24. The van der Waals surface area contributed by atoms with Crippen LogP contribution in [-0.4, -0.2) is 11.0 Å². The summed E-state index contributed by atoms with van der Waals surface area (Å²) in [6, 6.07) is 8.42. The van der Waals surface area contributed by atoms with Crippen LogP contribution >= 0.6 is 11.6 Å². The number of carbonyl (C=O) groups is 1. The van der Waals surface area contributed by atoms with Crippen LogP contribution in [0.15, 0.2) is 42.5 Å². The number of nitro benzene ring substituents is 1. The van der Waals surface area contributed by atoms with E-state index >= 15 is 0 Å². The van der Waals surface area contributed by atoms with Crippen molar-refractivity contribution in [2.24, 2.45) is 0 Å². The Labute approximate surface area is 136 Å². The smallest absolute Gasteiger partial charge is 0.410 e. The number of nitro groups is 1. The van der Waals surface area contributed by atoms with Crippen molar-refractivity contribution in [3.63, 3.8) is 0 Å². The van der Waals surface area contributed by atoms with Gasteiger partial charge in [0, 0.05) is 17.2 Å². The van der Waals surface area contributed by atoms with E-state index in [0.717, 1.165) is 6.07 Å². The fraction of sp³-hybridized carbons (Fsp3) is 0.133. The zero-order chi connectivity index (χ0) is 17.0. The van der Waals surface area contributed by atoms with Crippen LogP contribution in [0.5, 0.6) is 5.75 Å². The number of amides is 1. The van der Waals surface area contributed by atoms with Crippen LogP contribution < -0.4 is 10.1 Å². The van der Waals surface area contributed by atoms with Crippen LogP contribution in [0.2, 0.25) is 5.02 Å². The van der Waals surface area contributed by atoms with Crippen molar-refractivity contribution < 1.29 is 18.8 Å². The summed E-state index contributed by atoms with van der Waals surface area (Å²) in [4.78, 5) is 21.8. The molecule has 0 heterocycles. The number of non-ortho nitro benzene ring substituents is 1. The number of hydrogen-bond donors (Lipinski definition) is 1. The third-order valence-corrected chi connectivity index (χ3v) is 3.35. The predicted molar refractivity (Wildman–Crippen MR) is 82.1 cm³/mol. The second-order valence-corrected chi connectivity index (χ2v) is 5.08. The Morgan fingerprint density at radius 3 is 2.52 bits per heavy atom. The lowest BCUT2D eigenvalue weighted by atomic mass is 10.1. The standard InChI is InChI=1S/C15H12ClFN2O4/c1-9(13-7-2-10(17)8-14(13)16)18-15(20)23-12-5-3-11(4-6-12)19(21)22/h2-9H,1H3,(H,18,20). The molecule has 120 valence electrons. The normalized spacial score (nSPS) is 11.6. The molecule has 2 aromatic carbocycles. The van der Waals surface area contributed by atoms with Gasteiger partial charge in [-0.3, -0.25) is 10.1 Å². The van der Waals surface area contributed by atoms with Gasteiger partial charge in [0.1, 0.15) is 11.6 Å². The lowest BCUT2D eigenvalue weighted by molar-refractivity contribution is -0.384. The fourth-order valence-corrected chi connectivity index (χ4v) is 2.21. The second-order valence-electron chi connectivity index (χ2n) is 4.67. The molecular formula is C15H12ClFN2O4. The van der Waals surface area contributed by atoms with E-state index in [9.17, 15) is 19.3 Å². The summed E-state index contributed by atoms with van der Waals surface area (Å²) < 4.78 is 18.0. The summed E-state index contributed by atoms with van der Waals surface area (Å²) in [5, 5.41) is 13.3. The summed E-state index contributed by atoms with van der Waals surface area (Å²) in [6.07, 6.45) is -0.758. The molecule has 1 N–H and O–H groups in total. The van der Waals surface area contributed by atoms with Crippen molar-refractivity contribution in [2.45, 2.75) is 13.0 Å². The van der Waals surface area contributed by atoms with Crippen molar-refractivity contribution in [3.8, 4) is 5.75 Å². The number of benzene rings is 2. The van der Waals surface area contributed by atoms with E-state index in [1.165, 1.54) is 36.4 Å². The molecule has 0 radical (unpaired) electrons. The number of nitrogens with one attached hydrogen (secondary N) is 1. The molecule has 0 bridgehead atoms. The van der Waals surface area contributed by atoms with Gasteiger partial charge in [0.15, 0.2) is 0 Å². The Hall–Kier alpha value is -2.67. The van der Waals surface area contributed by atoms with Gasteiger partial charge in [-0.05, 0) is 36.8 Å². The molecule has 1 atom stereocenters. The highest BCUT2D eigenvalue weighted by Gasteiger charge is 2.15. The number of rotatable bonds is 4. The average molecular weight is 339 g/mol. The maximum Gasteiger partial charge on any atom is 0.413 e. The van der Waals surface area contributed by atoms with Crippen molar-refractivity contribution in [3.05, 3.63) is 69.0 Å². The monoisotopic (exact) mass is 338 g/mol. The van der Waals surface area contributed by atoms with E-state index < -0.39 is 22.9 Å². The zero-order valence-electron chi connectivity index (χ0n) is 12.0. The Morgan fingerprint density at radius 1 is 1.30 bits per heavy atom. The van der Waals surface area contributed by atoms with Crippen LogP contribution in [0, 0.1) is 15.9 Å². The minimum absolute atomic E-state index is 0.107. The first-order valence-corrected chi connectivity index (χ1v) is 6.92. The minimum atomic E-state index is -0.758. The van der Waals surface area contributed by atoms with E-state index in [0.29, 0.717) is 5.56 Å². The van der Waals surface area contributed by atoms with Crippen LogP contribution in [0.4, 0.5) is 14.9 Å². The summed E-state index contributed by atoms with van der Waals surface area (Å²) in [5.74, 6) is -0.315. The lowest BCUT2D eigenvalue weighted by Gasteiger charge is -2.15. The van der Waals surface area contributed by atoms with Crippen LogP contribution in [0.3, 0.4) is 0 Å². The average Bonchev–Trinajstić information content (AvgIpc) is 2.47. The number of nitrogens with zero attached hydrogens (tertiary/aromatic N) is 1. The van der Waals surface area contributed by atoms with Crippen LogP contribution in [0.25, 0.3) is 0 Å². The molecule has 0 aliphatic heterocycles. The fourth-order valence-electron chi connectivity index (χ4n) is 1.88. The first kappa shape index (κ1) is 16.7. The maximum atomic E-state index is 13.0. The maximum absolute atomic E-state index is 13.0. The van der Waals surface area contributed by atoms with Gasteiger partial charge in [0.05, 0.1) is 11.0 Å². The van der Waals surface area contributed by atoms with E-state index in [2.05, 4.69) is 5.32 Å². The van der Waals surface area contributed by atoms with E-state index in [1.807, 2.05) is 0 Å². The Morgan fingerprint density at radius 2 is 1.96 bits per heavy atom. The molecule has 0 aromatic heterocycles. The van der Waals surface area contributed by atoms with Gasteiger partial charge >= 0.3 is 6.09 Å². The Bertz CT molecular complexity index is 737. The van der Waals surface area contributed by atoms with Crippen LogP contribution in [-0.2, 0) is 0 Å². The lowest BCUT2D eigenvalue weighted by Crippen LogP contribution is -2.29. The van der Waals surface area contributed by atoms with Crippen molar-refractivity contribution in [2.75, 3.05) is 0 Å². The molecule has 0 saturated heterocycles. The van der Waals surface area contributed by atoms with E-state index in [4.69, 9.17) is 16.3 Å². The van der Waals surface area contributed by atoms with Gasteiger partial charge in [-0.15, -0.1) is 0 Å². The van der Waals surface area contributed by atoms with Gasteiger partial charge < -0.3 is 10.1 Å². The molecule has 23 heavy (non-hydrogen) atoms. The molecule has 0 spiro atoms. The molecular weight excluding hydrogens is 327 g/mol. The minimum Gasteiger partial charge on any atom is -0.410 e. The molecule has 1 unspecified atom stereocenters. The molecule has 2 aromatic rings. The number of ether oxygens (including phenoxy) is 1. The van der Waals surface area contributed by atoms with Gasteiger partial charge in [-0.1, -0.05) is 17.7 Å². The Balaban J connectivity index is 1.99. The number of carbonyl (C=O) groups excluding carboxylic acids is 1. The SMILES string of the molecule is CC(NC(=O)Oc1ccc([N+](=O)[O-])cc1)c1ccc(F)cc1Cl. The topological polar surface area (TPSA) is 81.5 Å². The summed E-state index contributed by atoms with van der Waals surface area (Å²) >= 11 is 5.92. The molecule has 2 rings (SSSR count). The summed E-state index contributed by atoms with van der Waals surface area (Å²) in [5.41, 5.74) is 0.429. The van der Waals surface area contributed by atoms with E-state index in [-0.39, 0.29) is 16.5 Å². The molecule has 8 heteroatoms. The highest BCUT2D eigenvalue weighted by molar-refractivity contribution is 6.31. The van der Waals surface area contributed by atoms with Gasteiger partial charge in [-0.2, -0.15) is 0 Å². The molecule has 0 saturated carbocycles. The third kappa shape index (κ3) is 4.40. The van der Waals surface area contributed by atoms with Gasteiger partial charge in [-0.25, -0.2) is 9.18 Å². The second kappa shape index (κ2) is 7.06. The number of hydrogen-bond acceptors (Lipinski definition) is 4. The molecule has 0 aliphatic carbocycles. The van der Waals surface area contributed by atoms with Crippen molar-refractivity contribution >= 4 is 23.4 Å². The van der Waals surface area contributed by atoms with Crippen molar-refractivity contribution in [1.82, 2.24) is 5.32 Å². The molecule has 1 amide bonds. The highest BCUT2D eigenvalue weighted by atomic mass is 35.5. The first-order valence-electron chi connectivity index (χ1n) is 6.54. The van der Waals surface area contributed by atoms with Gasteiger partial charge in [0.25, 0.3) is 5.69 Å². The van der Waals surface area contributed by atoms with Crippen LogP contribution in [0.1, 0.15) is 18.5 Å². The largest absolute Gasteiger partial charge is 0.413 e. The first-order chi connectivity index (χ1) is 10.9. The van der Waals surface area contributed by atoms with E-state index in [1.54, 1.807) is 6.92 Å². The third-order valence-electron chi connectivity index (χ3n) is 3.02. The zero-order valence-corrected chi connectivity index (χ0v) is 12.7.